The van der Waals surface area contributed by atoms with Gasteiger partial charge in [-0.1, -0.05) is 17.3 Å². The second kappa shape index (κ2) is 8.73. The molecule has 0 radical (unpaired) electrons. The highest BCUT2D eigenvalue weighted by Crippen LogP contribution is 2.29. The maximum absolute atomic E-state index is 11.6. The summed E-state index contributed by atoms with van der Waals surface area (Å²) in [6.07, 6.45) is 0. The number of methoxy groups -OCH3 is 2. The molecular formula is C20H20N2O4S. The number of aromatic nitrogens is 2. The van der Waals surface area contributed by atoms with E-state index in [9.17, 15) is 4.79 Å². The molecule has 0 aliphatic carbocycles. The summed E-state index contributed by atoms with van der Waals surface area (Å²) in [7, 11) is 3.23. The van der Waals surface area contributed by atoms with Crippen molar-refractivity contribution in [2.45, 2.75) is 18.4 Å². The highest BCUT2D eigenvalue weighted by molar-refractivity contribution is 7.97. The number of thioether (sulfide) groups is 1. The molecule has 2 aromatic carbocycles. The lowest BCUT2D eigenvalue weighted by atomic mass is 10.1. The molecule has 0 saturated carbocycles. The van der Waals surface area contributed by atoms with Gasteiger partial charge in [0.15, 0.2) is 5.78 Å². The Labute approximate surface area is 161 Å². The van der Waals surface area contributed by atoms with Crippen LogP contribution in [0, 0.1) is 0 Å². The quantitative estimate of drug-likeness (QED) is 0.533. The van der Waals surface area contributed by atoms with Gasteiger partial charge in [-0.25, -0.2) is 0 Å². The number of ether oxygens (including phenoxy) is 2. The predicted molar refractivity (Wildman–Crippen MR) is 104 cm³/mol. The summed E-state index contributed by atoms with van der Waals surface area (Å²) in [5, 5.41) is 4.04. The van der Waals surface area contributed by atoms with Gasteiger partial charge in [-0.15, -0.1) is 11.8 Å². The summed E-state index contributed by atoms with van der Waals surface area (Å²) in [6.45, 7) is 1.55. The fourth-order valence-corrected chi connectivity index (χ4v) is 3.45. The minimum Gasteiger partial charge on any atom is -0.496 e. The zero-order valence-corrected chi connectivity index (χ0v) is 16.2. The number of benzene rings is 2. The molecule has 0 bridgehead atoms. The van der Waals surface area contributed by atoms with Gasteiger partial charge < -0.3 is 14.0 Å². The number of ketones is 1. The summed E-state index contributed by atoms with van der Waals surface area (Å²) >= 11 is 1.61. The van der Waals surface area contributed by atoms with Gasteiger partial charge in [0.1, 0.15) is 11.5 Å². The lowest BCUT2D eigenvalue weighted by molar-refractivity contribution is 0.101. The van der Waals surface area contributed by atoms with E-state index in [2.05, 4.69) is 10.1 Å². The van der Waals surface area contributed by atoms with Gasteiger partial charge in [0.25, 0.3) is 0 Å². The van der Waals surface area contributed by atoms with Crippen molar-refractivity contribution in [1.82, 2.24) is 10.1 Å². The number of rotatable bonds is 8. The van der Waals surface area contributed by atoms with Crippen LogP contribution < -0.4 is 9.47 Å². The Morgan fingerprint density at radius 2 is 1.85 bits per heavy atom. The van der Waals surface area contributed by atoms with Gasteiger partial charge in [0.2, 0.25) is 11.7 Å². The normalized spacial score (nSPS) is 10.6. The maximum atomic E-state index is 11.6. The highest BCUT2D eigenvalue weighted by atomic mass is 32.2. The fourth-order valence-electron chi connectivity index (χ4n) is 2.61. The van der Waals surface area contributed by atoms with Gasteiger partial charge in [0, 0.05) is 16.9 Å². The first kappa shape index (κ1) is 19.0. The zero-order chi connectivity index (χ0) is 19.2. The van der Waals surface area contributed by atoms with Crippen LogP contribution in [0.15, 0.2) is 47.0 Å². The molecule has 140 valence electrons. The Morgan fingerprint density at radius 3 is 2.59 bits per heavy atom. The van der Waals surface area contributed by atoms with E-state index in [0.29, 0.717) is 34.5 Å². The lowest BCUT2D eigenvalue weighted by Crippen LogP contribution is -1.97. The number of hydrogen-bond donors (Lipinski definition) is 0. The molecule has 0 spiro atoms. The van der Waals surface area contributed by atoms with E-state index in [4.69, 9.17) is 14.0 Å². The minimum absolute atomic E-state index is 0.0299. The monoisotopic (exact) mass is 384 g/mol. The standard InChI is InChI=1S/C20H20N2O4S/c1-13(23)14-8-9-17(24-2)15(10-14)11-27-12-19-21-20(22-26-19)16-6-4-5-7-18(16)25-3/h4-10H,11-12H2,1-3H3. The van der Waals surface area contributed by atoms with Gasteiger partial charge >= 0.3 is 0 Å². The molecule has 3 rings (SSSR count). The van der Waals surface area contributed by atoms with Crippen molar-refractivity contribution in [2.24, 2.45) is 0 Å². The van der Waals surface area contributed by atoms with E-state index in [1.165, 1.54) is 0 Å². The first-order valence-corrected chi connectivity index (χ1v) is 9.49. The predicted octanol–water partition coefficient (Wildman–Crippen LogP) is 4.39. The van der Waals surface area contributed by atoms with Crippen LogP contribution >= 0.6 is 11.8 Å². The smallest absolute Gasteiger partial charge is 0.236 e. The van der Waals surface area contributed by atoms with Crippen LogP contribution in [0.3, 0.4) is 0 Å². The van der Waals surface area contributed by atoms with Gasteiger partial charge in [0.05, 0.1) is 25.5 Å². The zero-order valence-electron chi connectivity index (χ0n) is 15.4. The van der Waals surface area contributed by atoms with Crippen LogP contribution in [0.25, 0.3) is 11.4 Å². The molecule has 0 amide bonds. The Kier molecular flexibility index (Phi) is 6.13. The largest absolute Gasteiger partial charge is 0.496 e. The van der Waals surface area contributed by atoms with Crippen molar-refractivity contribution in [3.63, 3.8) is 0 Å². The molecule has 0 saturated heterocycles. The third-order valence-corrected chi connectivity index (χ3v) is 4.95. The SMILES string of the molecule is COc1ccc(C(C)=O)cc1CSCc1nc(-c2ccccc2OC)no1. The van der Waals surface area contributed by atoms with Gasteiger partial charge in [-0.3, -0.25) is 4.79 Å². The van der Waals surface area contributed by atoms with Crippen molar-refractivity contribution < 1.29 is 18.8 Å². The van der Waals surface area contributed by atoms with Crippen molar-refractivity contribution >= 4 is 17.5 Å². The molecule has 0 atom stereocenters. The third kappa shape index (κ3) is 4.49. The molecule has 0 aliphatic rings. The summed E-state index contributed by atoms with van der Waals surface area (Å²) in [4.78, 5) is 16.0. The van der Waals surface area contributed by atoms with Crippen LogP contribution in [0.5, 0.6) is 11.5 Å². The van der Waals surface area contributed by atoms with Crippen LogP contribution in [0.4, 0.5) is 0 Å². The summed E-state index contributed by atoms with van der Waals surface area (Å²) in [5.74, 6) is 3.73. The van der Waals surface area contributed by atoms with Crippen LogP contribution in [0.2, 0.25) is 0 Å². The summed E-state index contributed by atoms with van der Waals surface area (Å²) in [5.41, 5.74) is 2.41. The van der Waals surface area contributed by atoms with E-state index in [1.54, 1.807) is 39.0 Å². The highest BCUT2D eigenvalue weighted by Gasteiger charge is 2.13. The van der Waals surface area contributed by atoms with Crippen LogP contribution in [-0.4, -0.2) is 30.1 Å². The molecule has 0 unspecified atom stereocenters. The van der Waals surface area contributed by atoms with Crippen molar-refractivity contribution in [1.29, 1.82) is 0 Å². The molecular weight excluding hydrogens is 364 g/mol. The topological polar surface area (TPSA) is 74.5 Å². The number of carbonyl (C=O) groups excluding carboxylic acids is 1. The van der Waals surface area contributed by atoms with E-state index in [1.807, 2.05) is 36.4 Å². The Bertz CT molecular complexity index is 939. The number of carbonyl (C=O) groups is 1. The summed E-state index contributed by atoms with van der Waals surface area (Å²) in [6, 6.07) is 13.0. The van der Waals surface area contributed by atoms with Gasteiger partial charge in [-0.05, 0) is 37.3 Å². The minimum atomic E-state index is 0.0299. The molecule has 1 heterocycles. The average Bonchev–Trinajstić information content (AvgIpc) is 3.16. The number of nitrogens with zero attached hydrogens (tertiary/aromatic N) is 2. The average molecular weight is 384 g/mol. The molecule has 27 heavy (non-hydrogen) atoms. The molecule has 1 aromatic heterocycles. The third-order valence-electron chi connectivity index (χ3n) is 3.99. The van der Waals surface area contributed by atoms with E-state index >= 15 is 0 Å². The maximum Gasteiger partial charge on any atom is 0.236 e. The second-order valence-electron chi connectivity index (χ2n) is 5.79. The number of Topliss-reactive ketones (excluding diaryl/α,β-unsaturated/α-hetero) is 1. The molecule has 3 aromatic rings. The fraction of sp³-hybridized carbons (Fsp3) is 0.250. The van der Waals surface area contributed by atoms with Gasteiger partial charge in [-0.2, -0.15) is 4.98 Å². The number of para-hydroxylation sites is 1. The second-order valence-corrected chi connectivity index (χ2v) is 6.77. The Balaban J connectivity index is 1.68. The molecule has 0 N–H and O–H groups in total. The lowest BCUT2D eigenvalue weighted by Gasteiger charge is -2.09. The first-order valence-electron chi connectivity index (χ1n) is 8.34. The summed E-state index contributed by atoms with van der Waals surface area (Å²) < 4.78 is 16.1. The van der Waals surface area contributed by atoms with Crippen LogP contribution in [-0.2, 0) is 11.5 Å². The van der Waals surface area contributed by atoms with E-state index < -0.39 is 0 Å². The molecule has 7 heteroatoms. The first-order chi connectivity index (χ1) is 13.1. The van der Waals surface area contributed by atoms with Crippen LogP contribution in [0.1, 0.15) is 28.7 Å². The van der Waals surface area contributed by atoms with Crippen molar-refractivity contribution in [3.8, 4) is 22.9 Å². The molecule has 6 nitrogen and oxygen atoms in total. The molecule has 0 aliphatic heterocycles. The van der Waals surface area contributed by atoms with Crippen molar-refractivity contribution in [3.05, 3.63) is 59.5 Å². The van der Waals surface area contributed by atoms with E-state index in [0.717, 1.165) is 16.9 Å². The number of hydrogen-bond acceptors (Lipinski definition) is 7. The van der Waals surface area contributed by atoms with Crippen molar-refractivity contribution in [2.75, 3.05) is 14.2 Å². The molecule has 0 fully saturated rings. The Morgan fingerprint density at radius 1 is 1.07 bits per heavy atom. The van der Waals surface area contributed by atoms with E-state index in [-0.39, 0.29) is 5.78 Å². The Hall–Kier alpha value is -2.80.